The molecular formula is C12H17Cl. The van der Waals surface area contributed by atoms with Crippen molar-refractivity contribution in [2.75, 3.05) is 0 Å². The lowest BCUT2D eigenvalue weighted by Gasteiger charge is -2.14. The smallest absolute Gasteiger partial charge is 0.0467 e. The summed E-state index contributed by atoms with van der Waals surface area (Å²) in [5.41, 5.74) is 3.81. The highest BCUT2D eigenvalue weighted by molar-refractivity contribution is 6.32. The maximum absolute atomic E-state index is 6.18. The molecule has 0 amide bonds. The van der Waals surface area contributed by atoms with Crippen molar-refractivity contribution in [1.29, 1.82) is 0 Å². The molecule has 0 saturated heterocycles. The van der Waals surface area contributed by atoms with Gasteiger partial charge in [-0.05, 0) is 42.9 Å². The van der Waals surface area contributed by atoms with Gasteiger partial charge in [-0.1, -0.05) is 37.6 Å². The monoisotopic (exact) mass is 196 g/mol. The van der Waals surface area contributed by atoms with E-state index in [2.05, 4.69) is 39.8 Å². The van der Waals surface area contributed by atoms with Gasteiger partial charge in [0.2, 0.25) is 0 Å². The molecule has 0 nitrogen and oxygen atoms in total. The maximum atomic E-state index is 6.18. The van der Waals surface area contributed by atoms with E-state index in [1.54, 1.807) is 0 Å². The standard InChI is InChI=1S/C12H17Cl/c1-5-8(2)11-7-6-9(3)12(13)10(11)4/h6-8H,5H2,1-4H3. The van der Waals surface area contributed by atoms with Crippen LogP contribution in [-0.2, 0) is 0 Å². The van der Waals surface area contributed by atoms with Crippen LogP contribution in [0.2, 0.25) is 5.02 Å². The van der Waals surface area contributed by atoms with E-state index in [0.29, 0.717) is 5.92 Å². The molecule has 0 bridgehead atoms. The highest BCUT2D eigenvalue weighted by Crippen LogP contribution is 2.29. The molecule has 1 heteroatoms. The molecule has 0 aliphatic carbocycles. The molecule has 0 spiro atoms. The van der Waals surface area contributed by atoms with Gasteiger partial charge >= 0.3 is 0 Å². The third-order valence-electron chi connectivity index (χ3n) is 2.76. The highest BCUT2D eigenvalue weighted by atomic mass is 35.5. The molecule has 13 heavy (non-hydrogen) atoms. The number of aryl methyl sites for hydroxylation is 1. The van der Waals surface area contributed by atoms with Crippen molar-refractivity contribution in [2.45, 2.75) is 40.0 Å². The van der Waals surface area contributed by atoms with Crippen LogP contribution >= 0.6 is 11.6 Å². The Morgan fingerprint density at radius 3 is 2.46 bits per heavy atom. The SMILES string of the molecule is CCC(C)c1ccc(C)c(Cl)c1C. The molecule has 1 aromatic carbocycles. The van der Waals surface area contributed by atoms with Gasteiger partial charge in [0, 0.05) is 5.02 Å². The fourth-order valence-corrected chi connectivity index (χ4v) is 1.76. The zero-order chi connectivity index (χ0) is 10.0. The average molecular weight is 197 g/mol. The second kappa shape index (κ2) is 4.15. The number of rotatable bonds is 2. The van der Waals surface area contributed by atoms with Crippen LogP contribution in [-0.4, -0.2) is 0 Å². The zero-order valence-corrected chi connectivity index (χ0v) is 9.57. The molecule has 0 N–H and O–H groups in total. The summed E-state index contributed by atoms with van der Waals surface area (Å²) < 4.78 is 0. The van der Waals surface area contributed by atoms with E-state index in [1.807, 2.05) is 0 Å². The van der Waals surface area contributed by atoms with E-state index in [0.717, 1.165) is 5.02 Å². The molecule has 1 aromatic rings. The number of hydrogen-bond acceptors (Lipinski definition) is 0. The topological polar surface area (TPSA) is 0 Å². The second-order valence-corrected chi connectivity index (χ2v) is 4.10. The molecule has 1 unspecified atom stereocenters. The Kier molecular flexibility index (Phi) is 3.38. The van der Waals surface area contributed by atoms with Crippen molar-refractivity contribution in [3.05, 3.63) is 33.8 Å². The van der Waals surface area contributed by atoms with Crippen LogP contribution in [0.15, 0.2) is 12.1 Å². The molecule has 0 aliphatic rings. The van der Waals surface area contributed by atoms with Gasteiger partial charge in [-0.3, -0.25) is 0 Å². The van der Waals surface area contributed by atoms with Gasteiger partial charge in [0.05, 0.1) is 0 Å². The molecule has 1 rings (SSSR count). The first kappa shape index (κ1) is 10.6. The van der Waals surface area contributed by atoms with Crippen molar-refractivity contribution < 1.29 is 0 Å². The predicted molar refractivity (Wildman–Crippen MR) is 59.6 cm³/mol. The summed E-state index contributed by atoms with van der Waals surface area (Å²) in [6.45, 7) is 8.61. The number of halogens is 1. The summed E-state index contributed by atoms with van der Waals surface area (Å²) in [5.74, 6) is 0.609. The Balaban J connectivity index is 3.18. The van der Waals surface area contributed by atoms with Gasteiger partial charge in [0.1, 0.15) is 0 Å². The van der Waals surface area contributed by atoms with Gasteiger partial charge in [-0.15, -0.1) is 0 Å². The van der Waals surface area contributed by atoms with Crippen LogP contribution < -0.4 is 0 Å². The van der Waals surface area contributed by atoms with Gasteiger partial charge < -0.3 is 0 Å². The van der Waals surface area contributed by atoms with Gasteiger partial charge in [0.15, 0.2) is 0 Å². The Morgan fingerprint density at radius 2 is 1.92 bits per heavy atom. The summed E-state index contributed by atoms with van der Waals surface area (Å²) in [6, 6.07) is 4.31. The predicted octanol–water partition coefficient (Wildman–Crippen LogP) is 4.47. The van der Waals surface area contributed by atoms with Gasteiger partial charge in [-0.25, -0.2) is 0 Å². The fourth-order valence-electron chi connectivity index (χ4n) is 1.59. The second-order valence-electron chi connectivity index (χ2n) is 3.72. The summed E-state index contributed by atoms with van der Waals surface area (Å²) >= 11 is 6.18. The van der Waals surface area contributed by atoms with E-state index in [1.165, 1.54) is 23.1 Å². The largest absolute Gasteiger partial charge is 0.0838 e. The minimum Gasteiger partial charge on any atom is -0.0838 e. The first-order valence-corrected chi connectivity index (χ1v) is 5.21. The molecule has 0 aromatic heterocycles. The molecule has 0 fully saturated rings. The van der Waals surface area contributed by atoms with Crippen LogP contribution in [0.5, 0.6) is 0 Å². The Hall–Kier alpha value is -0.490. The molecule has 1 atom stereocenters. The van der Waals surface area contributed by atoms with E-state index in [9.17, 15) is 0 Å². The number of hydrogen-bond donors (Lipinski definition) is 0. The maximum Gasteiger partial charge on any atom is 0.0467 e. The summed E-state index contributed by atoms with van der Waals surface area (Å²) in [6.07, 6.45) is 1.17. The highest BCUT2D eigenvalue weighted by Gasteiger charge is 2.09. The minimum atomic E-state index is 0.609. The molecule has 0 heterocycles. The van der Waals surface area contributed by atoms with Crippen molar-refractivity contribution in [2.24, 2.45) is 0 Å². The molecule has 0 saturated carbocycles. The summed E-state index contributed by atoms with van der Waals surface area (Å²) in [5, 5.41) is 0.929. The summed E-state index contributed by atoms with van der Waals surface area (Å²) in [4.78, 5) is 0. The fraction of sp³-hybridized carbons (Fsp3) is 0.500. The van der Waals surface area contributed by atoms with Crippen LogP contribution in [0, 0.1) is 13.8 Å². The van der Waals surface area contributed by atoms with Crippen molar-refractivity contribution >= 4 is 11.6 Å². The first-order chi connectivity index (χ1) is 6.07. The van der Waals surface area contributed by atoms with Crippen molar-refractivity contribution in [3.8, 4) is 0 Å². The number of benzene rings is 1. The minimum absolute atomic E-state index is 0.609. The van der Waals surface area contributed by atoms with Crippen LogP contribution in [0.25, 0.3) is 0 Å². The average Bonchev–Trinajstić information content (AvgIpc) is 2.13. The Morgan fingerprint density at radius 1 is 1.31 bits per heavy atom. The lowest BCUT2D eigenvalue weighted by molar-refractivity contribution is 0.728. The van der Waals surface area contributed by atoms with Crippen molar-refractivity contribution in [1.82, 2.24) is 0 Å². The molecule has 72 valence electrons. The molecule has 0 aliphatic heterocycles. The molecule has 0 radical (unpaired) electrons. The first-order valence-electron chi connectivity index (χ1n) is 4.83. The normalized spacial score (nSPS) is 13.0. The Labute approximate surface area is 85.9 Å². The van der Waals surface area contributed by atoms with Crippen LogP contribution in [0.1, 0.15) is 42.9 Å². The van der Waals surface area contributed by atoms with Gasteiger partial charge in [-0.2, -0.15) is 0 Å². The zero-order valence-electron chi connectivity index (χ0n) is 8.82. The van der Waals surface area contributed by atoms with Crippen LogP contribution in [0.4, 0.5) is 0 Å². The van der Waals surface area contributed by atoms with E-state index >= 15 is 0 Å². The molecular weight excluding hydrogens is 180 g/mol. The third kappa shape index (κ3) is 2.05. The third-order valence-corrected chi connectivity index (χ3v) is 3.35. The van der Waals surface area contributed by atoms with Crippen molar-refractivity contribution in [3.63, 3.8) is 0 Å². The van der Waals surface area contributed by atoms with Gasteiger partial charge in [0.25, 0.3) is 0 Å². The Bertz CT molecular complexity index is 302. The quantitative estimate of drug-likeness (QED) is 0.655. The lowest BCUT2D eigenvalue weighted by Crippen LogP contribution is -1.96. The lowest BCUT2D eigenvalue weighted by atomic mass is 9.93. The van der Waals surface area contributed by atoms with E-state index in [-0.39, 0.29) is 0 Å². The van der Waals surface area contributed by atoms with E-state index < -0.39 is 0 Å². The van der Waals surface area contributed by atoms with E-state index in [4.69, 9.17) is 11.6 Å². The van der Waals surface area contributed by atoms with Crippen LogP contribution in [0.3, 0.4) is 0 Å². The summed E-state index contributed by atoms with van der Waals surface area (Å²) in [7, 11) is 0.